The molecule has 2 rings (SSSR count). The quantitative estimate of drug-likeness (QED) is 0.769. The second kappa shape index (κ2) is 4.17. The van der Waals surface area contributed by atoms with E-state index < -0.39 is 0 Å². The molecule has 78 valence electrons. The molecule has 0 amide bonds. The highest BCUT2D eigenvalue weighted by molar-refractivity contribution is 5.61. The third-order valence-corrected chi connectivity index (χ3v) is 2.15. The van der Waals surface area contributed by atoms with Gasteiger partial charge < -0.3 is 9.15 Å². The maximum absolute atomic E-state index is 5.42. The first-order valence-corrected chi connectivity index (χ1v) is 4.94. The monoisotopic (exact) mass is 203 g/mol. The predicted octanol–water partition coefficient (Wildman–Crippen LogP) is 3.05. The molecule has 1 aromatic heterocycles. The molecule has 0 saturated heterocycles. The highest BCUT2D eigenvalue weighted by atomic mass is 16.5. The van der Waals surface area contributed by atoms with Gasteiger partial charge in [-0.3, -0.25) is 0 Å². The molecule has 0 aliphatic heterocycles. The van der Waals surface area contributed by atoms with Gasteiger partial charge in [0.2, 0.25) is 0 Å². The standard InChI is InChI=1S/C12H13NO2/c1-3-14-11-6-4-5-10(7-11)12-9(2)13-8-15-12/h4-8H,3H2,1-2H3. The molecule has 0 aliphatic rings. The van der Waals surface area contributed by atoms with Crippen molar-refractivity contribution in [2.75, 3.05) is 6.61 Å². The summed E-state index contributed by atoms with van der Waals surface area (Å²) >= 11 is 0. The average Bonchev–Trinajstić information content (AvgIpc) is 2.65. The van der Waals surface area contributed by atoms with Gasteiger partial charge in [-0.05, 0) is 26.0 Å². The van der Waals surface area contributed by atoms with E-state index in [1.807, 2.05) is 38.1 Å². The Morgan fingerprint density at radius 1 is 1.40 bits per heavy atom. The van der Waals surface area contributed by atoms with Crippen LogP contribution in [0.4, 0.5) is 0 Å². The second-order valence-electron chi connectivity index (χ2n) is 3.23. The maximum atomic E-state index is 5.42. The lowest BCUT2D eigenvalue weighted by Crippen LogP contribution is -1.91. The highest BCUT2D eigenvalue weighted by Crippen LogP contribution is 2.25. The maximum Gasteiger partial charge on any atom is 0.181 e. The molecule has 0 spiro atoms. The molecule has 0 unspecified atom stereocenters. The fourth-order valence-corrected chi connectivity index (χ4v) is 1.47. The van der Waals surface area contributed by atoms with Crippen LogP contribution in [0.1, 0.15) is 12.6 Å². The van der Waals surface area contributed by atoms with Crippen LogP contribution in [-0.4, -0.2) is 11.6 Å². The van der Waals surface area contributed by atoms with E-state index in [9.17, 15) is 0 Å². The lowest BCUT2D eigenvalue weighted by atomic mass is 10.1. The number of nitrogens with zero attached hydrogens (tertiary/aromatic N) is 1. The molecule has 0 fully saturated rings. The van der Waals surface area contributed by atoms with Gasteiger partial charge in [0.05, 0.1) is 12.3 Å². The van der Waals surface area contributed by atoms with Gasteiger partial charge in [-0.2, -0.15) is 0 Å². The van der Waals surface area contributed by atoms with Crippen molar-refractivity contribution in [2.24, 2.45) is 0 Å². The van der Waals surface area contributed by atoms with E-state index in [4.69, 9.17) is 9.15 Å². The van der Waals surface area contributed by atoms with Gasteiger partial charge in [-0.25, -0.2) is 4.98 Å². The smallest absolute Gasteiger partial charge is 0.181 e. The summed E-state index contributed by atoms with van der Waals surface area (Å²) in [6.45, 7) is 4.55. The molecule has 0 radical (unpaired) electrons. The minimum absolute atomic E-state index is 0.666. The van der Waals surface area contributed by atoms with Crippen molar-refractivity contribution in [1.29, 1.82) is 0 Å². The second-order valence-corrected chi connectivity index (χ2v) is 3.23. The minimum atomic E-state index is 0.666. The Hall–Kier alpha value is -1.77. The first-order chi connectivity index (χ1) is 7.31. The molecule has 15 heavy (non-hydrogen) atoms. The Morgan fingerprint density at radius 3 is 2.93 bits per heavy atom. The number of ether oxygens (including phenoxy) is 1. The van der Waals surface area contributed by atoms with Crippen LogP contribution in [0, 0.1) is 6.92 Å². The van der Waals surface area contributed by atoms with Crippen molar-refractivity contribution in [3.63, 3.8) is 0 Å². The van der Waals surface area contributed by atoms with Crippen molar-refractivity contribution in [2.45, 2.75) is 13.8 Å². The van der Waals surface area contributed by atoms with Crippen LogP contribution < -0.4 is 4.74 Å². The molecular weight excluding hydrogens is 190 g/mol. The number of rotatable bonds is 3. The fourth-order valence-electron chi connectivity index (χ4n) is 1.47. The molecular formula is C12H13NO2. The lowest BCUT2D eigenvalue weighted by Gasteiger charge is -2.04. The number of aryl methyl sites for hydroxylation is 1. The Labute approximate surface area is 88.7 Å². The summed E-state index contributed by atoms with van der Waals surface area (Å²) < 4.78 is 10.7. The zero-order valence-electron chi connectivity index (χ0n) is 8.86. The summed E-state index contributed by atoms with van der Waals surface area (Å²) in [6, 6.07) is 7.81. The first-order valence-electron chi connectivity index (χ1n) is 4.94. The van der Waals surface area contributed by atoms with E-state index in [2.05, 4.69) is 4.98 Å². The van der Waals surface area contributed by atoms with Gasteiger partial charge in [0, 0.05) is 5.56 Å². The molecule has 1 aromatic carbocycles. The van der Waals surface area contributed by atoms with Gasteiger partial charge in [0.25, 0.3) is 0 Å². The van der Waals surface area contributed by atoms with Crippen molar-refractivity contribution < 1.29 is 9.15 Å². The molecule has 0 saturated carbocycles. The van der Waals surface area contributed by atoms with E-state index >= 15 is 0 Å². The largest absolute Gasteiger partial charge is 0.494 e. The van der Waals surface area contributed by atoms with Crippen molar-refractivity contribution in [3.05, 3.63) is 36.4 Å². The van der Waals surface area contributed by atoms with E-state index in [-0.39, 0.29) is 0 Å². The number of benzene rings is 1. The summed E-state index contributed by atoms with van der Waals surface area (Å²) in [5, 5.41) is 0. The van der Waals surface area contributed by atoms with Crippen molar-refractivity contribution in [1.82, 2.24) is 4.98 Å². The zero-order valence-corrected chi connectivity index (χ0v) is 8.86. The Morgan fingerprint density at radius 2 is 2.27 bits per heavy atom. The zero-order chi connectivity index (χ0) is 10.7. The van der Waals surface area contributed by atoms with Crippen LogP contribution in [0.5, 0.6) is 5.75 Å². The van der Waals surface area contributed by atoms with Crippen LogP contribution in [0.2, 0.25) is 0 Å². The van der Waals surface area contributed by atoms with Gasteiger partial charge in [-0.15, -0.1) is 0 Å². The topological polar surface area (TPSA) is 35.3 Å². The number of aromatic nitrogens is 1. The normalized spacial score (nSPS) is 10.3. The Kier molecular flexibility index (Phi) is 2.72. The predicted molar refractivity (Wildman–Crippen MR) is 57.8 cm³/mol. The molecule has 1 heterocycles. The van der Waals surface area contributed by atoms with Gasteiger partial charge in [0.1, 0.15) is 5.75 Å². The minimum Gasteiger partial charge on any atom is -0.494 e. The molecule has 2 aromatic rings. The van der Waals surface area contributed by atoms with Crippen LogP contribution in [-0.2, 0) is 0 Å². The molecule has 0 N–H and O–H groups in total. The summed E-state index contributed by atoms with van der Waals surface area (Å²) in [6.07, 6.45) is 1.46. The van der Waals surface area contributed by atoms with E-state index in [0.29, 0.717) is 6.61 Å². The third-order valence-electron chi connectivity index (χ3n) is 2.15. The van der Waals surface area contributed by atoms with Crippen molar-refractivity contribution in [3.8, 4) is 17.1 Å². The van der Waals surface area contributed by atoms with Crippen LogP contribution in [0.15, 0.2) is 35.1 Å². The SMILES string of the molecule is CCOc1cccc(-c2ocnc2C)c1. The Bertz CT molecular complexity index is 448. The van der Waals surface area contributed by atoms with Crippen LogP contribution in [0.3, 0.4) is 0 Å². The van der Waals surface area contributed by atoms with Gasteiger partial charge >= 0.3 is 0 Å². The van der Waals surface area contributed by atoms with Crippen LogP contribution >= 0.6 is 0 Å². The summed E-state index contributed by atoms with van der Waals surface area (Å²) in [5.41, 5.74) is 1.89. The highest BCUT2D eigenvalue weighted by Gasteiger charge is 2.07. The molecule has 3 nitrogen and oxygen atoms in total. The number of hydrogen-bond donors (Lipinski definition) is 0. The van der Waals surface area contributed by atoms with Crippen molar-refractivity contribution >= 4 is 0 Å². The van der Waals surface area contributed by atoms with Gasteiger partial charge in [0.15, 0.2) is 12.2 Å². The van der Waals surface area contributed by atoms with E-state index in [0.717, 1.165) is 22.8 Å². The summed E-state index contributed by atoms with van der Waals surface area (Å²) in [7, 11) is 0. The van der Waals surface area contributed by atoms with E-state index in [1.54, 1.807) is 0 Å². The van der Waals surface area contributed by atoms with E-state index in [1.165, 1.54) is 6.39 Å². The number of hydrogen-bond acceptors (Lipinski definition) is 3. The summed E-state index contributed by atoms with van der Waals surface area (Å²) in [4.78, 5) is 4.06. The number of oxazole rings is 1. The fraction of sp³-hybridized carbons (Fsp3) is 0.250. The Balaban J connectivity index is 2.37. The lowest BCUT2D eigenvalue weighted by molar-refractivity contribution is 0.340. The molecule has 0 bridgehead atoms. The average molecular weight is 203 g/mol. The molecule has 0 atom stereocenters. The first kappa shape index (κ1) is 9.77. The molecule has 3 heteroatoms. The van der Waals surface area contributed by atoms with Crippen LogP contribution in [0.25, 0.3) is 11.3 Å². The molecule has 0 aliphatic carbocycles. The van der Waals surface area contributed by atoms with Gasteiger partial charge in [-0.1, -0.05) is 12.1 Å². The summed E-state index contributed by atoms with van der Waals surface area (Å²) in [5.74, 6) is 1.65. The third kappa shape index (κ3) is 2.01.